The van der Waals surface area contributed by atoms with E-state index in [9.17, 15) is 5.11 Å². The van der Waals surface area contributed by atoms with Crippen LogP contribution in [0.4, 0.5) is 0 Å². The van der Waals surface area contributed by atoms with Crippen LogP contribution >= 0.6 is 0 Å². The highest BCUT2D eigenvalue weighted by Gasteiger charge is 2.21. The first-order valence-corrected chi connectivity index (χ1v) is 5.77. The minimum absolute atomic E-state index is 0.271. The molecular weight excluding hydrogens is 202 g/mol. The van der Waals surface area contributed by atoms with Gasteiger partial charge in [0.15, 0.2) is 0 Å². The van der Waals surface area contributed by atoms with Crippen molar-refractivity contribution in [3.05, 3.63) is 30.1 Å². The summed E-state index contributed by atoms with van der Waals surface area (Å²) in [5.74, 6) is 0. The summed E-state index contributed by atoms with van der Waals surface area (Å²) in [5, 5.41) is 13.0. The lowest BCUT2D eigenvalue weighted by molar-refractivity contribution is 0.109. The van der Waals surface area contributed by atoms with Gasteiger partial charge in [0.05, 0.1) is 6.10 Å². The molecule has 1 aromatic rings. The number of rotatable bonds is 2. The Hall–Kier alpha value is -0.970. The topological polar surface area (TPSA) is 48.4 Å². The molecule has 0 aliphatic carbocycles. The van der Waals surface area contributed by atoms with Crippen molar-refractivity contribution in [2.24, 2.45) is 0 Å². The van der Waals surface area contributed by atoms with E-state index in [-0.39, 0.29) is 6.10 Å². The lowest BCUT2D eigenvalue weighted by Crippen LogP contribution is -2.38. The van der Waals surface area contributed by atoms with Gasteiger partial charge in [0.1, 0.15) is 0 Å². The molecule has 0 radical (unpaired) electrons. The van der Waals surface area contributed by atoms with Crippen LogP contribution in [0.3, 0.4) is 0 Å². The Balaban J connectivity index is 2.01. The first-order chi connectivity index (χ1) is 7.75. The highest BCUT2D eigenvalue weighted by atomic mass is 16.3. The molecule has 1 aliphatic heterocycles. The van der Waals surface area contributed by atoms with Crippen molar-refractivity contribution in [2.75, 3.05) is 19.6 Å². The summed E-state index contributed by atoms with van der Waals surface area (Å²) in [6.07, 6.45) is 3.35. The fourth-order valence-electron chi connectivity index (χ4n) is 2.05. The number of aliphatic hydroxyl groups excluding tert-OH is 1. The minimum Gasteiger partial charge on any atom is -0.390 e. The zero-order valence-electron chi connectivity index (χ0n) is 9.63. The zero-order valence-corrected chi connectivity index (χ0v) is 9.63. The average Bonchev–Trinajstić information content (AvgIpc) is 2.43. The number of β-amino-alcohol motifs (C(OH)–C–C–N with tert-alkyl or cyclic N) is 1. The van der Waals surface area contributed by atoms with E-state index in [0.29, 0.717) is 12.6 Å². The molecule has 4 nitrogen and oxygen atoms in total. The molecular formula is C12H19N3O. The average molecular weight is 221 g/mol. The molecule has 2 N–H and O–H groups in total. The van der Waals surface area contributed by atoms with E-state index in [4.69, 9.17) is 0 Å². The minimum atomic E-state index is -0.271. The molecule has 1 saturated heterocycles. The Morgan fingerprint density at radius 2 is 2.19 bits per heavy atom. The Kier molecular flexibility index (Phi) is 3.88. The van der Waals surface area contributed by atoms with Crippen LogP contribution in [-0.2, 0) is 6.54 Å². The van der Waals surface area contributed by atoms with Gasteiger partial charge in [-0.05, 0) is 24.6 Å². The Morgan fingerprint density at radius 1 is 1.44 bits per heavy atom. The highest BCUT2D eigenvalue weighted by Crippen LogP contribution is 2.10. The van der Waals surface area contributed by atoms with E-state index in [1.54, 1.807) is 0 Å². The van der Waals surface area contributed by atoms with E-state index in [1.807, 2.05) is 24.5 Å². The predicted molar refractivity (Wildman–Crippen MR) is 63.0 cm³/mol. The van der Waals surface area contributed by atoms with Crippen molar-refractivity contribution < 1.29 is 5.11 Å². The molecule has 0 bridgehead atoms. The van der Waals surface area contributed by atoms with E-state index in [0.717, 1.165) is 19.6 Å². The van der Waals surface area contributed by atoms with Gasteiger partial charge in [-0.25, -0.2) is 0 Å². The van der Waals surface area contributed by atoms with Gasteiger partial charge in [0.2, 0.25) is 0 Å². The third-order valence-electron chi connectivity index (χ3n) is 3.02. The maximum Gasteiger partial charge on any atom is 0.0791 e. The van der Waals surface area contributed by atoms with Crippen LogP contribution in [-0.4, -0.2) is 46.8 Å². The van der Waals surface area contributed by atoms with Crippen molar-refractivity contribution in [1.29, 1.82) is 0 Å². The molecule has 0 spiro atoms. The van der Waals surface area contributed by atoms with Gasteiger partial charge < -0.3 is 10.4 Å². The summed E-state index contributed by atoms with van der Waals surface area (Å²) in [6, 6.07) is 4.50. The van der Waals surface area contributed by atoms with Crippen molar-refractivity contribution in [2.45, 2.75) is 25.6 Å². The van der Waals surface area contributed by atoms with E-state index in [1.165, 1.54) is 5.56 Å². The fourth-order valence-corrected chi connectivity index (χ4v) is 2.05. The first-order valence-electron chi connectivity index (χ1n) is 5.77. The van der Waals surface area contributed by atoms with Crippen LogP contribution in [0.25, 0.3) is 0 Å². The lowest BCUT2D eigenvalue weighted by atomic mass is 10.2. The van der Waals surface area contributed by atoms with Crippen LogP contribution in [0.1, 0.15) is 12.5 Å². The van der Waals surface area contributed by atoms with Crippen LogP contribution < -0.4 is 5.32 Å². The number of aliphatic hydroxyl groups is 1. The molecule has 2 unspecified atom stereocenters. The number of nitrogens with zero attached hydrogens (tertiary/aromatic N) is 2. The summed E-state index contributed by atoms with van der Waals surface area (Å²) < 4.78 is 0. The van der Waals surface area contributed by atoms with Gasteiger partial charge in [0.25, 0.3) is 0 Å². The van der Waals surface area contributed by atoms with Gasteiger partial charge in [-0.2, -0.15) is 0 Å². The van der Waals surface area contributed by atoms with Gasteiger partial charge in [-0.15, -0.1) is 0 Å². The standard InChI is InChI=1S/C12H19N3O/c1-10-6-14-7-12(16)9-15(10)8-11-2-4-13-5-3-11/h2-5,10,12,14,16H,6-9H2,1H3. The van der Waals surface area contributed by atoms with Crippen molar-refractivity contribution in [1.82, 2.24) is 15.2 Å². The summed E-state index contributed by atoms with van der Waals surface area (Å²) in [6.45, 7) is 5.42. The van der Waals surface area contributed by atoms with Gasteiger partial charge >= 0.3 is 0 Å². The normalized spacial score (nSPS) is 27.6. The number of nitrogens with one attached hydrogen (secondary N) is 1. The maximum atomic E-state index is 9.74. The molecule has 0 saturated carbocycles. The van der Waals surface area contributed by atoms with Crippen molar-refractivity contribution >= 4 is 0 Å². The number of hydrogen-bond donors (Lipinski definition) is 2. The third kappa shape index (κ3) is 3.01. The largest absolute Gasteiger partial charge is 0.390 e. The molecule has 0 aromatic carbocycles. The quantitative estimate of drug-likeness (QED) is 0.751. The summed E-state index contributed by atoms with van der Waals surface area (Å²) >= 11 is 0. The second-order valence-corrected chi connectivity index (χ2v) is 4.45. The molecule has 1 aliphatic rings. The monoisotopic (exact) mass is 221 g/mol. The second-order valence-electron chi connectivity index (χ2n) is 4.45. The molecule has 16 heavy (non-hydrogen) atoms. The van der Waals surface area contributed by atoms with E-state index in [2.05, 4.69) is 22.1 Å². The highest BCUT2D eigenvalue weighted by molar-refractivity contribution is 5.09. The first kappa shape index (κ1) is 11.5. The SMILES string of the molecule is CC1CNCC(O)CN1Cc1ccncc1. The molecule has 2 atom stereocenters. The van der Waals surface area contributed by atoms with E-state index >= 15 is 0 Å². The summed E-state index contributed by atoms with van der Waals surface area (Å²) in [4.78, 5) is 6.32. The van der Waals surface area contributed by atoms with Crippen molar-refractivity contribution in [3.8, 4) is 0 Å². The van der Waals surface area contributed by atoms with Crippen LogP contribution in [0.5, 0.6) is 0 Å². The third-order valence-corrected chi connectivity index (χ3v) is 3.02. The predicted octanol–water partition coefficient (Wildman–Crippen LogP) is 0.236. The van der Waals surface area contributed by atoms with Gasteiger partial charge in [0, 0.05) is 44.6 Å². The number of pyridine rings is 1. The molecule has 1 fully saturated rings. The lowest BCUT2D eigenvalue weighted by Gasteiger charge is -2.27. The molecule has 0 amide bonds. The number of hydrogen-bond acceptors (Lipinski definition) is 4. The van der Waals surface area contributed by atoms with E-state index < -0.39 is 0 Å². The Bertz CT molecular complexity index is 317. The van der Waals surface area contributed by atoms with Gasteiger partial charge in [-0.1, -0.05) is 0 Å². The maximum absolute atomic E-state index is 9.74. The van der Waals surface area contributed by atoms with Crippen LogP contribution in [0, 0.1) is 0 Å². The Morgan fingerprint density at radius 3 is 2.94 bits per heavy atom. The smallest absolute Gasteiger partial charge is 0.0791 e. The van der Waals surface area contributed by atoms with Gasteiger partial charge in [-0.3, -0.25) is 9.88 Å². The van der Waals surface area contributed by atoms with Crippen LogP contribution in [0.15, 0.2) is 24.5 Å². The Labute approximate surface area is 96.3 Å². The molecule has 1 aromatic heterocycles. The molecule has 88 valence electrons. The van der Waals surface area contributed by atoms with Crippen LogP contribution in [0.2, 0.25) is 0 Å². The zero-order chi connectivity index (χ0) is 11.4. The fraction of sp³-hybridized carbons (Fsp3) is 0.583. The number of aromatic nitrogens is 1. The molecule has 2 rings (SSSR count). The van der Waals surface area contributed by atoms with Crippen molar-refractivity contribution in [3.63, 3.8) is 0 Å². The summed E-state index contributed by atoms with van der Waals surface area (Å²) in [7, 11) is 0. The molecule has 4 heteroatoms. The summed E-state index contributed by atoms with van der Waals surface area (Å²) in [5.41, 5.74) is 1.25. The molecule has 2 heterocycles. The second kappa shape index (κ2) is 5.39.